The zero-order chi connectivity index (χ0) is 13.2. The summed E-state index contributed by atoms with van der Waals surface area (Å²) in [6, 6.07) is 15.3. The number of anilines is 1. The monoisotopic (exact) mass is 315 g/mol. The van der Waals surface area contributed by atoms with Crippen molar-refractivity contribution in [2.45, 2.75) is 0 Å². The van der Waals surface area contributed by atoms with Crippen LogP contribution >= 0.6 is 15.9 Å². The maximum Gasteiger partial charge on any atom is 0.187 e. The average Bonchev–Trinajstić information content (AvgIpc) is 2.88. The first-order valence-corrected chi connectivity index (χ1v) is 6.43. The molecule has 0 radical (unpaired) electrons. The summed E-state index contributed by atoms with van der Waals surface area (Å²) in [6.45, 7) is 0. The number of benzene rings is 2. The van der Waals surface area contributed by atoms with Crippen molar-refractivity contribution in [3.8, 4) is 17.1 Å². The molecule has 3 aromatic rings. The highest BCUT2D eigenvalue weighted by Gasteiger charge is 2.11. The lowest BCUT2D eigenvalue weighted by Gasteiger charge is -2.05. The number of rotatable bonds is 2. The minimum Gasteiger partial charge on any atom is -0.399 e. The Morgan fingerprint density at radius 3 is 2.58 bits per heavy atom. The van der Waals surface area contributed by atoms with Gasteiger partial charge in [-0.1, -0.05) is 34.1 Å². The molecule has 0 aliphatic rings. The Balaban J connectivity index is 2.15. The van der Waals surface area contributed by atoms with E-state index in [0.717, 1.165) is 15.7 Å². The summed E-state index contributed by atoms with van der Waals surface area (Å²) in [5.74, 6) is 0.652. The maximum absolute atomic E-state index is 5.85. The van der Waals surface area contributed by atoms with Gasteiger partial charge in [-0.05, 0) is 40.8 Å². The van der Waals surface area contributed by atoms with Gasteiger partial charge in [0.2, 0.25) is 0 Å². The van der Waals surface area contributed by atoms with E-state index in [1.807, 2.05) is 48.5 Å². The SMILES string of the molecule is Nc1cc(Br)cc(-c2nnnn2-c2ccccc2)c1. The van der Waals surface area contributed by atoms with Crippen LogP contribution in [0, 0.1) is 0 Å². The normalized spacial score (nSPS) is 10.6. The van der Waals surface area contributed by atoms with Crippen molar-refractivity contribution in [3.05, 3.63) is 53.0 Å². The Morgan fingerprint density at radius 1 is 1.05 bits per heavy atom. The van der Waals surface area contributed by atoms with Gasteiger partial charge in [-0.25, -0.2) is 0 Å². The number of aromatic nitrogens is 4. The third kappa shape index (κ3) is 2.34. The molecule has 3 rings (SSSR count). The summed E-state index contributed by atoms with van der Waals surface area (Å²) in [7, 11) is 0. The van der Waals surface area contributed by atoms with Crippen molar-refractivity contribution in [1.82, 2.24) is 20.2 Å². The van der Waals surface area contributed by atoms with Gasteiger partial charge in [0.25, 0.3) is 0 Å². The Hall–Kier alpha value is -2.21. The molecule has 0 spiro atoms. The van der Waals surface area contributed by atoms with Crippen molar-refractivity contribution >= 4 is 21.6 Å². The van der Waals surface area contributed by atoms with E-state index in [0.29, 0.717) is 11.5 Å². The van der Waals surface area contributed by atoms with Crippen LogP contribution in [0.25, 0.3) is 17.1 Å². The zero-order valence-corrected chi connectivity index (χ0v) is 11.4. The first kappa shape index (κ1) is 11.9. The highest BCUT2D eigenvalue weighted by molar-refractivity contribution is 9.10. The predicted molar refractivity (Wildman–Crippen MR) is 76.7 cm³/mol. The fraction of sp³-hybridized carbons (Fsp3) is 0. The number of nitrogens with two attached hydrogens (primary N) is 1. The van der Waals surface area contributed by atoms with Crippen LogP contribution < -0.4 is 5.73 Å². The molecule has 0 saturated carbocycles. The van der Waals surface area contributed by atoms with Gasteiger partial charge in [-0.2, -0.15) is 4.68 Å². The summed E-state index contributed by atoms with van der Waals surface area (Å²) in [5, 5.41) is 11.8. The second kappa shape index (κ2) is 4.81. The highest BCUT2D eigenvalue weighted by Crippen LogP contribution is 2.25. The van der Waals surface area contributed by atoms with Crippen LogP contribution in [0.4, 0.5) is 5.69 Å². The van der Waals surface area contributed by atoms with Gasteiger partial charge in [-0.3, -0.25) is 0 Å². The van der Waals surface area contributed by atoms with E-state index in [2.05, 4.69) is 31.5 Å². The van der Waals surface area contributed by atoms with Crippen molar-refractivity contribution < 1.29 is 0 Å². The minimum atomic E-state index is 0.652. The van der Waals surface area contributed by atoms with E-state index in [9.17, 15) is 0 Å². The molecule has 0 aliphatic heterocycles. The number of nitrogens with zero attached hydrogens (tertiary/aromatic N) is 4. The first-order valence-electron chi connectivity index (χ1n) is 5.64. The van der Waals surface area contributed by atoms with Crippen LogP contribution in [-0.4, -0.2) is 20.2 Å². The molecule has 0 amide bonds. The summed E-state index contributed by atoms with van der Waals surface area (Å²) >= 11 is 3.42. The molecule has 0 aliphatic carbocycles. The van der Waals surface area contributed by atoms with Gasteiger partial charge in [0.15, 0.2) is 5.82 Å². The quantitative estimate of drug-likeness (QED) is 0.738. The molecule has 1 aromatic heterocycles. The van der Waals surface area contributed by atoms with Crippen molar-refractivity contribution in [1.29, 1.82) is 0 Å². The molecule has 2 aromatic carbocycles. The smallest absolute Gasteiger partial charge is 0.187 e. The fourth-order valence-electron chi connectivity index (χ4n) is 1.85. The molecule has 94 valence electrons. The van der Waals surface area contributed by atoms with E-state index in [-0.39, 0.29) is 0 Å². The number of para-hydroxylation sites is 1. The Labute approximate surface area is 118 Å². The molecule has 0 atom stereocenters. The highest BCUT2D eigenvalue weighted by atomic mass is 79.9. The molecule has 1 heterocycles. The lowest BCUT2D eigenvalue weighted by molar-refractivity contribution is 0.791. The predicted octanol–water partition coefficient (Wildman–Crippen LogP) is 2.67. The Bertz CT molecular complexity index is 688. The Morgan fingerprint density at radius 2 is 1.84 bits per heavy atom. The third-order valence-corrected chi connectivity index (χ3v) is 3.11. The largest absolute Gasteiger partial charge is 0.399 e. The van der Waals surface area contributed by atoms with E-state index in [4.69, 9.17) is 5.73 Å². The minimum absolute atomic E-state index is 0.652. The first-order chi connectivity index (χ1) is 9.24. The van der Waals surface area contributed by atoms with Crippen molar-refractivity contribution in [2.75, 3.05) is 5.73 Å². The summed E-state index contributed by atoms with van der Waals surface area (Å²) in [6.07, 6.45) is 0. The van der Waals surface area contributed by atoms with Gasteiger partial charge in [-0.15, -0.1) is 5.10 Å². The second-order valence-electron chi connectivity index (χ2n) is 4.02. The van der Waals surface area contributed by atoms with E-state index in [1.165, 1.54) is 0 Å². The molecule has 0 fully saturated rings. The Kier molecular flexibility index (Phi) is 3.00. The molecule has 0 saturated heterocycles. The summed E-state index contributed by atoms with van der Waals surface area (Å²) < 4.78 is 2.58. The van der Waals surface area contributed by atoms with Gasteiger partial charge in [0.05, 0.1) is 5.69 Å². The molecule has 0 unspecified atom stereocenters. The van der Waals surface area contributed by atoms with Crippen LogP contribution in [0.3, 0.4) is 0 Å². The lowest BCUT2D eigenvalue weighted by Crippen LogP contribution is -2.00. The molecule has 19 heavy (non-hydrogen) atoms. The van der Waals surface area contributed by atoms with Gasteiger partial charge >= 0.3 is 0 Å². The van der Waals surface area contributed by atoms with Crippen molar-refractivity contribution in [2.24, 2.45) is 0 Å². The summed E-state index contributed by atoms with van der Waals surface area (Å²) in [5.41, 5.74) is 8.27. The molecular weight excluding hydrogens is 306 g/mol. The van der Waals surface area contributed by atoms with Crippen LogP contribution in [-0.2, 0) is 0 Å². The van der Waals surface area contributed by atoms with Crippen LogP contribution in [0.2, 0.25) is 0 Å². The second-order valence-corrected chi connectivity index (χ2v) is 4.94. The number of halogens is 1. The maximum atomic E-state index is 5.85. The van der Waals surface area contributed by atoms with Crippen molar-refractivity contribution in [3.63, 3.8) is 0 Å². The standard InChI is InChI=1S/C13H10BrN5/c14-10-6-9(7-11(15)8-10)13-16-17-18-19(13)12-4-2-1-3-5-12/h1-8H,15H2. The number of hydrogen-bond donors (Lipinski definition) is 1. The van der Waals surface area contributed by atoms with Gasteiger partial charge in [0, 0.05) is 15.7 Å². The van der Waals surface area contributed by atoms with E-state index < -0.39 is 0 Å². The number of nitrogen functional groups attached to an aromatic ring is 1. The molecular formula is C13H10BrN5. The lowest BCUT2D eigenvalue weighted by atomic mass is 10.2. The van der Waals surface area contributed by atoms with E-state index in [1.54, 1.807) is 4.68 Å². The topological polar surface area (TPSA) is 69.6 Å². The van der Waals surface area contributed by atoms with Crippen LogP contribution in [0.1, 0.15) is 0 Å². The van der Waals surface area contributed by atoms with Gasteiger partial charge in [0.1, 0.15) is 0 Å². The van der Waals surface area contributed by atoms with Gasteiger partial charge < -0.3 is 5.73 Å². The van der Waals surface area contributed by atoms with E-state index >= 15 is 0 Å². The molecule has 6 heteroatoms. The molecule has 0 bridgehead atoms. The number of hydrogen-bond acceptors (Lipinski definition) is 4. The molecule has 2 N–H and O–H groups in total. The number of tetrazole rings is 1. The summed E-state index contributed by atoms with van der Waals surface area (Å²) in [4.78, 5) is 0. The zero-order valence-electron chi connectivity index (χ0n) is 9.86. The molecule has 5 nitrogen and oxygen atoms in total. The fourth-order valence-corrected chi connectivity index (χ4v) is 2.36. The van der Waals surface area contributed by atoms with Crippen LogP contribution in [0.5, 0.6) is 0 Å². The third-order valence-electron chi connectivity index (χ3n) is 2.65. The van der Waals surface area contributed by atoms with Crippen LogP contribution in [0.15, 0.2) is 53.0 Å². The average molecular weight is 316 g/mol.